The summed E-state index contributed by atoms with van der Waals surface area (Å²) in [6.07, 6.45) is 2.15. The molecule has 3 aromatic carbocycles. The molecule has 4 rings (SSSR count). The highest BCUT2D eigenvalue weighted by molar-refractivity contribution is 6.96. The molecule has 0 atom stereocenters. The summed E-state index contributed by atoms with van der Waals surface area (Å²) in [7, 11) is -3.13. The first-order valence-electron chi connectivity index (χ1n) is 9.43. The zero-order chi connectivity index (χ0) is 18.7. The van der Waals surface area contributed by atoms with Crippen LogP contribution in [0.5, 0.6) is 0 Å². The maximum atomic E-state index is 4.85. The Bertz CT molecular complexity index is 1150. The molecule has 0 N–H and O–H groups in total. The molecule has 0 bridgehead atoms. The normalized spacial score (nSPS) is 13.0. The average molecular weight is 374 g/mol. The fourth-order valence-electron chi connectivity index (χ4n) is 4.39. The number of fused-ring (bicyclic) bond motifs is 4. The summed E-state index contributed by atoms with van der Waals surface area (Å²) in [5, 5.41) is 10.2. The number of aromatic nitrogens is 1. The zero-order valence-corrected chi connectivity index (χ0v) is 18.6. The third-order valence-electron chi connectivity index (χ3n) is 5.26. The van der Waals surface area contributed by atoms with Gasteiger partial charge in [-0.1, -0.05) is 81.7 Å². The smallest absolute Gasteiger partial charge is 0.0793 e. The van der Waals surface area contributed by atoms with Gasteiger partial charge in [-0.25, -0.2) is 0 Å². The minimum absolute atomic E-state index is 1.11. The molecular formula is C23H27NSi2. The highest BCUT2D eigenvalue weighted by Crippen LogP contribution is 2.30. The highest BCUT2D eigenvalue weighted by atomic mass is 28.3. The van der Waals surface area contributed by atoms with E-state index in [0.717, 1.165) is 5.52 Å². The second kappa shape index (κ2) is 5.76. The number of para-hydroxylation sites is 1. The fraction of sp³-hybridized carbons (Fsp3) is 0.261. The summed E-state index contributed by atoms with van der Waals surface area (Å²) < 4.78 is 0. The number of benzene rings is 3. The molecule has 0 fully saturated rings. The second-order valence-electron chi connectivity index (χ2n) is 9.36. The maximum Gasteiger partial charge on any atom is 0.0793 e. The van der Waals surface area contributed by atoms with Crippen molar-refractivity contribution in [3.05, 3.63) is 54.7 Å². The molecule has 0 aliphatic heterocycles. The lowest BCUT2D eigenvalue weighted by atomic mass is 10.0. The van der Waals surface area contributed by atoms with Gasteiger partial charge in [0, 0.05) is 17.0 Å². The lowest BCUT2D eigenvalue weighted by Gasteiger charge is -2.29. The van der Waals surface area contributed by atoms with Crippen molar-refractivity contribution in [2.24, 2.45) is 0 Å². The van der Waals surface area contributed by atoms with Crippen molar-refractivity contribution in [3.63, 3.8) is 0 Å². The van der Waals surface area contributed by atoms with E-state index in [9.17, 15) is 0 Å². The molecule has 3 heteroatoms. The van der Waals surface area contributed by atoms with Gasteiger partial charge in [0.1, 0.15) is 0 Å². The van der Waals surface area contributed by atoms with Crippen molar-refractivity contribution in [1.82, 2.24) is 4.98 Å². The summed E-state index contributed by atoms with van der Waals surface area (Å²) in [6, 6.07) is 17.7. The third-order valence-corrected chi connectivity index (χ3v) is 9.32. The van der Waals surface area contributed by atoms with Crippen LogP contribution >= 0.6 is 0 Å². The molecule has 132 valence electrons. The van der Waals surface area contributed by atoms with Crippen LogP contribution in [-0.4, -0.2) is 21.1 Å². The Balaban J connectivity index is 2.42. The molecule has 0 spiro atoms. The summed E-state index contributed by atoms with van der Waals surface area (Å²) in [4.78, 5) is 4.85. The summed E-state index contributed by atoms with van der Waals surface area (Å²) >= 11 is 0. The van der Waals surface area contributed by atoms with E-state index in [2.05, 4.69) is 94.0 Å². The van der Waals surface area contributed by atoms with Gasteiger partial charge < -0.3 is 0 Å². The van der Waals surface area contributed by atoms with Gasteiger partial charge in [-0.3, -0.25) is 4.98 Å². The molecule has 0 saturated heterocycles. The van der Waals surface area contributed by atoms with Gasteiger partial charge in [0.2, 0.25) is 0 Å². The lowest BCUT2D eigenvalue weighted by Crippen LogP contribution is -2.44. The maximum absolute atomic E-state index is 4.85. The van der Waals surface area contributed by atoms with E-state index < -0.39 is 16.1 Å². The first-order valence-corrected chi connectivity index (χ1v) is 16.4. The minimum Gasteiger partial charge on any atom is -0.256 e. The van der Waals surface area contributed by atoms with E-state index in [1.54, 1.807) is 10.4 Å². The molecule has 1 aromatic heterocycles. The molecule has 0 amide bonds. The molecule has 0 unspecified atom stereocenters. The predicted molar refractivity (Wildman–Crippen MR) is 123 cm³/mol. The van der Waals surface area contributed by atoms with Crippen LogP contribution in [0.3, 0.4) is 0 Å². The number of hydrogen-bond acceptors (Lipinski definition) is 1. The number of nitrogens with zero attached hydrogens (tertiary/aromatic N) is 1. The Morgan fingerprint density at radius 1 is 0.577 bits per heavy atom. The van der Waals surface area contributed by atoms with Crippen LogP contribution in [0.2, 0.25) is 39.3 Å². The predicted octanol–water partition coefficient (Wildman–Crippen LogP) is 5.63. The lowest BCUT2D eigenvalue weighted by molar-refractivity contribution is 1.45. The fourth-order valence-corrected chi connectivity index (χ4v) is 8.46. The van der Waals surface area contributed by atoms with Gasteiger partial charge in [-0.2, -0.15) is 0 Å². The Hall–Kier alpha value is -1.98. The van der Waals surface area contributed by atoms with Crippen LogP contribution in [0.1, 0.15) is 0 Å². The van der Waals surface area contributed by atoms with Crippen molar-refractivity contribution in [2.75, 3.05) is 0 Å². The Morgan fingerprint density at radius 2 is 1.08 bits per heavy atom. The van der Waals surface area contributed by atoms with Crippen molar-refractivity contribution in [1.29, 1.82) is 0 Å². The first kappa shape index (κ1) is 17.4. The van der Waals surface area contributed by atoms with E-state index in [1.807, 2.05) is 0 Å². The second-order valence-corrected chi connectivity index (χ2v) is 19.4. The number of pyridine rings is 1. The van der Waals surface area contributed by atoms with E-state index >= 15 is 0 Å². The first-order chi connectivity index (χ1) is 12.2. The standard InChI is InChI=1S/C23H27NSi2/c1-25(2,3)22-16-11-7-8-12-17(16)23(26(4,5)6)21-18-13-9-10-14-20(18)24-15-19(21)22/h7-15H,1-6H3. The molecule has 1 heterocycles. The van der Waals surface area contributed by atoms with Gasteiger partial charge in [0.05, 0.1) is 21.7 Å². The summed E-state index contributed by atoms with van der Waals surface area (Å²) in [6.45, 7) is 14.8. The molecule has 1 nitrogen and oxygen atoms in total. The SMILES string of the molecule is C[Si](C)(C)c1c2ccccc2c([Si](C)(C)C)c2c1cnc1ccccc12. The largest absolute Gasteiger partial charge is 0.256 e. The quantitative estimate of drug-likeness (QED) is 0.252. The topological polar surface area (TPSA) is 12.9 Å². The molecule has 0 saturated carbocycles. The number of rotatable bonds is 2. The van der Waals surface area contributed by atoms with Gasteiger partial charge in [-0.05, 0) is 32.6 Å². The van der Waals surface area contributed by atoms with Crippen molar-refractivity contribution in [2.45, 2.75) is 39.3 Å². The minimum atomic E-state index is -1.57. The molecular weight excluding hydrogens is 346 g/mol. The monoisotopic (exact) mass is 373 g/mol. The van der Waals surface area contributed by atoms with Crippen LogP contribution in [0.25, 0.3) is 32.4 Å². The molecule has 0 radical (unpaired) electrons. The molecule has 0 aliphatic rings. The summed E-state index contributed by atoms with van der Waals surface area (Å²) in [5.41, 5.74) is 1.11. The number of hydrogen-bond donors (Lipinski definition) is 0. The van der Waals surface area contributed by atoms with E-state index in [4.69, 9.17) is 4.98 Å². The van der Waals surface area contributed by atoms with E-state index in [-0.39, 0.29) is 0 Å². The van der Waals surface area contributed by atoms with Crippen LogP contribution in [-0.2, 0) is 0 Å². The van der Waals surface area contributed by atoms with Crippen molar-refractivity contribution in [3.8, 4) is 0 Å². The Kier molecular flexibility index (Phi) is 3.86. The molecule has 26 heavy (non-hydrogen) atoms. The van der Waals surface area contributed by atoms with Gasteiger partial charge in [0.25, 0.3) is 0 Å². The van der Waals surface area contributed by atoms with Crippen LogP contribution in [0.4, 0.5) is 0 Å². The molecule has 4 aromatic rings. The Morgan fingerprint density at radius 3 is 1.65 bits per heavy atom. The van der Waals surface area contributed by atoms with Gasteiger partial charge in [0.15, 0.2) is 0 Å². The highest BCUT2D eigenvalue weighted by Gasteiger charge is 2.29. The van der Waals surface area contributed by atoms with Gasteiger partial charge >= 0.3 is 0 Å². The third kappa shape index (κ3) is 2.61. The van der Waals surface area contributed by atoms with Crippen molar-refractivity contribution < 1.29 is 0 Å². The van der Waals surface area contributed by atoms with Crippen LogP contribution in [0, 0.1) is 0 Å². The molecule has 0 aliphatic carbocycles. The van der Waals surface area contributed by atoms with Gasteiger partial charge in [-0.15, -0.1) is 0 Å². The van der Waals surface area contributed by atoms with Crippen molar-refractivity contribution >= 4 is 59.0 Å². The van der Waals surface area contributed by atoms with Crippen LogP contribution < -0.4 is 10.4 Å². The van der Waals surface area contributed by atoms with E-state index in [1.165, 1.54) is 26.9 Å². The summed E-state index contributed by atoms with van der Waals surface area (Å²) in [5.74, 6) is 0. The Labute approximate surface area is 158 Å². The van der Waals surface area contributed by atoms with E-state index in [0.29, 0.717) is 0 Å². The van der Waals surface area contributed by atoms with Crippen LogP contribution in [0.15, 0.2) is 54.7 Å². The zero-order valence-electron chi connectivity index (χ0n) is 16.6. The average Bonchev–Trinajstić information content (AvgIpc) is 2.57.